The second-order valence-electron chi connectivity index (χ2n) is 4.12. The number of aliphatic hydroxyl groups is 1. The lowest BCUT2D eigenvalue weighted by atomic mass is 10.1. The predicted octanol–water partition coefficient (Wildman–Crippen LogP) is 2.65. The van der Waals surface area contributed by atoms with Crippen LogP contribution in [0.25, 0.3) is 16.2 Å². The minimum Gasteiger partial charge on any atom is -0.390 e. The van der Waals surface area contributed by atoms with E-state index in [0.717, 1.165) is 22.0 Å². The lowest BCUT2D eigenvalue weighted by Gasteiger charge is -2.00. The number of aromatic nitrogens is 3. The number of nitrogens with zero attached hydrogens (tertiary/aromatic N) is 3. The van der Waals surface area contributed by atoms with Gasteiger partial charge in [0.2, 0.25) is 4.96 Å². The predicted molar refractivity (Wildman–Crippen MR) is 71.6 cm³/mol. The summed E-state index contributed by atoms with van der Waals surface area (Å²) in [6, 6.07) is 6.08. The van der Waals surface area contributed by atoms with E-state index in [4.69, 9.17) is 0 Å². The summed E-state index contributed by atoms with van der Waals surface area (Å²) in [6.07, 6.45) is 0.838. The Bertz CT molecular complexity index is 717. The van der Waals surface area contributed by atoms with Gasteiger partial charge in [0.1, 0.15) is 10.8 Å². The van der Waals surface area contributed by atoms with Crippen LogP contribution in [0.15, 0.2) is 24.3 Å². The molecule has 0 unspecified atom stereocenters. The molecular weight excluding hydrogens is 265 g/mol. The smallest absolute Gasteiger partial charge is 0.213 e. The minimum absolute atomic E-state index is 0.152. The van der Waals surface area contributed by atoms with Crippen LogP contribution in [0.4, 0.5) is 4.39 Å². The van der Waals surface area contributed by atoms with Gasteiger partial charge in [-0.3, -0.25) is 0 Å². The largest absolute Gasteiger partial charge is 0.390 e. The van der Waals surface area contributed by atoms with Crippen LogP contribution in [0.2, 0.25) is 0 Å². The average molecular weight is 277 g/mol. The molecule has 0 spiro atoms. The van der Waals surface area contributed by atoms with Crippen LogP contribution in [0.3, 0.4) is 0 Å². The fourth-order valence-electron chi connectivity index (χ4n) is 1.95. The van der Waals surface area contributed by atoms with Crippen molar-refractivity contribution in [3.63, 3.8) is 0 Å². The van der Waals surface area contributed by atoms with E-state index in [1.807, 2.05) is 6.92 Å². The Balaban J connectivity index is 2.18. The fraction of sp³-hybridized carbons (Fsp3) is 0.231. The second kappa shape index (κ2) is 4.71. The van der Waals surface area contributed by atoms with Gasteiger partial charge in [0, 0.05) is 5.56 Å². The SMILES string of the molecule is CCc1nn2c(CO)c(-c3ccc(F)cc3)nc2s1. The van der Waals surface area contributed by atoms with Crippen molar-refractivity contribution in [2.24, 2.45) is 0 Å². The molecule has 6 heteroatoms. The first-order chi connectivity index (χ1) is 9.22. The maximum Gasteiger partial charge on any atom is 0.213 e. The molecule has 0 bridgehead atoms. The van der Waals surface area contributed by atoms with Gasteiger partial charge in [-0.15, -0.1) is 0 Å². The van der Waals surface area contributed by atoms with Crippen LogP contribution in [0.1, 0.15) is 17.6 Å². The molecule has 1 N–H and O–H groups in total. The summed E-state index contributed by atoms with van der Waals surface area (Å²) in [5.74, 6) is -0.290. The first-order valence-electron chi connectivity index (χ1n) is 5.97. The molecule has 1 aromatic carbocycles. The molecule has 0 aliphatic heterocycles. The van der Waals surface area contributed by atoms with E-state index >= 15 is 0 Å². The molecule has 2 aromatic heterocycles. The number of rotatable bonds is 3. The molecule has 19 heavy (non-hydrogen) atoms. The van der Waals surface area contributed by atoms with E-state index in [-0.39, 0.29) is 12.4 Å². The lowest BCUT2D eigenvalue weighted by molar-refractivity contribution is 0.275. The molecule has 3 rings (SSSR count). The first-order valence-corrected chi connectivity index (χ1v) is 6.78. The zero-order chi connectivity index (χ0) is 13.4. The summed E-state index contributed by atoms with van der Waals surface area (Å²) in [6.45, 7) is 1.87. The summed E-state index contributed by atoms with van der Waals surface area (Å²) in [5, 5.41) is 14.9. The maximum atomic E-state index is 12.9. The normalized spacial score (nSPS) is 11.3. The second-order valence-corrected chi connectivity index (χ2v) is 5.16. The van der Waals surface area contributed by atoms with E-state index in [1.165, 1.54) is 23.5 Å². The standard InChI is InChI=1S/C13H12FN3OS/c1-2-11-16-17-10(7-18)12(15-13(17)19-11)8-3-5-9(14)6-4-8/h3-6,18H,2,7H2,1H3. The lowest BCUT2D eigenvalue weighted by Crippen LogP contribution is -1.96. The number of aryl methyl sites for hydroxylation is 1. The topological polar surface area (TPSA) is 50.4 Å². The monoisotopic (exact) mass is 277 g/mol. The molecule has 0 fully saturated rings. The molecular formula is C13H12FN3OS. The van der Waals surface area contributed by atoms with E-state index in [1.54, 1.807) is 16.6 Å². The third-order valence-corrected chi connectivity index (χ3v) is 3.96. The Morgan fingerprint density at radius 2 is 2.05 bits per heavy atom. The highest BCUT2D eigenvalue weighted by molar-refractivity contribution is 7.16. The van der Waals surface area contributed by atoms with Crippen LogP contribution in [0, 0.1) is 5.82 Å². The Morgan fingerprint density at radius 3 is 2.68 bits per heavy atom. The molecule has 0 aliphatic rings. The molecule has 0 saturated heterocycles. The Kier molecular flexibility index (Phi) is 3.04. The van der Waals surface area contributed by atoms with Crippen LogP contribution in [-0.2, 0) is 13.0 Å². The van der Waals surface area contributed by atoms with Crippen LogP contribution in [-0.4, -0.2) is 19.7 Å². The van der Waals surface area contributed by atoms with Crippen LogP contribution >= 0.6 is 11.3 Å². The van der Waals surface area contributed by atoms with Crippen molar-refractivity contribution < 1.29 is 9.50 Å². The molecule has 3 aromatic rings. The van der Waals surface area contributed by atoms with Gasteiger partial charge in [0.05, 0.1) is 18.0 Å². The third kappa shape index (κ3) is 2.02. The van der Waals surface area contributed by atoms with Crippen molar-refractivity contribution in [2.75, 3.05) is 0 Å². The molecule has 0 atom stereocenters. The zero-order valence-electron chi connectivity index (χ0n) is 10.3. The summed E-state index contributed by atoms with van der Waals surface area (Å²) in [7, 11) is 0. The summed E-state index contributed by atoms with van der Waals surface area (Å²) in [4.78, 5) is 5.24. The van der Waals surface area contributed by atoms with E-state index in [9.17, 15) is 9.50 Å². The number of halogens is 1. The number of hydrogen-bond donors (Lipinski definition) is 1. The number of hydrogen-bond acceptors (Lipinski definition) is 4. The Hall–Kier alpha value is -1.79. The maximum absolute atomic E-state index is 12.9. The number of fused-ring (bicyclic) bond motifs is 1. The summed E-state index contributed by atoms with van der Waals surface area (Å²) < 4.78 is 14.6. The quantitative estimate of drug-likeness (QED) is 0.800. The molecule has 0 amide bonds. The van der Waals surface area contributed by atoms with E-state index in [0.29, 0.717) is 11.4 Å². The van der Waals surface area contributed by atoms with Gasteiger partial charge in [-0.2, -0.15) is 5.10 Å². The highest BCUT2D eigenvalue weighted by Gasteiger charge is 2.16. The van der Waals surface area contributed by atoms with Gasteiger partial charge >= 0.3 is 0 Å². The average Bonchev–Trinajstić information content (AvgIpc) is 2.96. The van der Waals surface area contributed by atoms with Gasteiger partial charge in [0.25, 0.3) is 0 Å². The van der Waals surface area contributed by atoms with Crippen molar-refractivity contribution in [3.05, 3.63) is 40.8 Å². The van der Waals surface area contributed by atoms with Crippen LogP contribution in [0.5, 0.6) is 0 Å². The van der Waals surface area contributed by atoms with Gasteiger partial charge in [-0.25, -0.2) is 13.9 Å². The first kappa shape index (κ1) is 12.3. The van der Waals surface area contributed by atoms with Gasteiger partial charge in [-0.05, 0) is 30.7 Å². The summed E-state index contributed by atoms with van der Waals surface area (Å²) in [5.41, 5.74) is 2.07. The van der Waals surface area contributed by atoms with Crippen molar-refractivity contribution in [1.82, 2.24) is 14.6 Å². The molecule has 0 radical (unpaired) electrons. The minimum atomic E-state index is -0.290. The van der Waals surface area contributed by atoms with Crippen molar-refractivity contribution in [1.29, 1.82) is 0 Å². The number of imidazole rings is 1. The zero-order valence-corrected chi connectivity index (χ0v) is 11.1. The van der Waals surface area contributed by atoms with Gasteiger partial charge in [-0.1, -0.05) is 18.3 Å². The summed E-state index contributed by atoms with van der Waals surface area (Å²) >= 11 is 1.50. The number of benzene rings is 1. The van der Waals surface area contributed by atoms with Crippen molar-refractivity contribution in [3.8, 4) is 11.3 Å². The van der Waals surface area contributed by atoms with Gasteiger partial charge in [0.15, 0.2) is 0 Å². The third-order valence-electron chi connectivity index (χ3n) is 2.91. The van der Waals surface area contributed by atoms with Gasteiger partial charge < -0.3 is 5.11 Å². The molecule has 98 valence electrons. The van der Waals surface area contributed by atoms with Crippen LogP contribution < -0.4 is 0 Å². The van der Waals surface area contributed by atoms with Crippen molar-refractivity contribution >= 4 is 16.3 Å². The van der Waals surface area contributed by atoms with E-state index < -0.39 is 0 Å². The number of aliphatic hydroxyl groups excluding tert-OH is 1. The molecule has 4 nitrogen and oxygen atoms in total. The van der Waals surface area contributed by atoms with Crippen molar-refractivity contribution in [2.45, 2.75) is 20.0 Å². The molecule has 0 aliphatic carbocycles. The van der Waals surface area contributed by atoms with E-state index in [2.05, 4.69) is 10.1 Å². The fourth-order valence-corrected chi connectivity index (χ4v) is 2.81. The highest BCUT2D eigenvalue weighted by atomic mass is 32.1. The highest BCUT2D eigenvalue weighted by Crippen LogP contribution is 2.27. The Morgan fingerprint density at radius 1 is 1.32 bits per heavy atom. The Labute approximate surface area is 113 Å². The molecule has 2 heterocycles. The molecule has 0 saturated carbocycles.